The number of rotatable bonds is 8. The highest BCUT2D eigenvalue weighted by molar-refractivity contribution is 7.89. The van der Waals surface area contributed by atoms with E-state index in [9.17, 15) is 8.42 Å². The molecule has 6 nitrogen and oxygen atoms in total. The minimum absolute atomic E-state index is 0.115. The fourth-order valence-electron chi connectivity index (χ4n) is 2.51. The Hall–Kier alpha value is -2.74. The molecule has 0 aliphatic carbocycles. The smallest absolute Gasteiger partial charge is 0.276 e. The number of ether oxygens (including phenoxy) is 2. The summed E-state index contributed by atoms with van der Waals surface area (Å²) in [5.74, 6) is 0.764. The number of nitrogens with one attached hydrogen (secondary N) is 1. The predicted molar refractivity (Wildman–Crippen MR) is 118 cm³/mol. The van der Waals surface area contributed by atoms with Crippen molar-refractivity contribution >= 4 is 39.4 Å². The number of hydrogen-bond acceptors (Lipinski definition) is 5. The molecule has 0 unspecified atom stereocenters. The lowest BCUT2D eigenvalue weighted by Gasteiger charge is -2.13. The number of sulfonamides is 1. The van der Waals surface area contributed by atoms with Gasteiger partial charge in [0.1, 0.15) is 6.61 Å². The molecular formula is C21H18Cl2N2O4S. The highest BCUT2D eigenvalue weighted by atomic mass is 35.5. The van der Waals surface area contributed by atoms with Crippen molar-refractivity contribution in [3.63, 3.8) is 0 Å². The second-order valence-corrected chi connectivity index (χ2v) is 8.62. The molecule has 30 heavy (non-hydrogen) atoms. The molecule has 0 bridgehead atoms. The van der Waals surface area contributed by atoms with Crippen molar-refractivity contribution in [2.45, 2.75) is 11.5 Å². The molecule has 0 aliphatic rings. The first kappa shape index (κ1) is 22.0. The zero-order valence-corrected chi connectivity index (χ0v) is 18.2. The normalized spacial score (nSPS) is 11.4. The predicted octanol–water partition coefficient (Wildman–Crippen LogP) is 4.89. The SMILES string of the molecule is COc1cc(/C=N\NS(=O)(=O)c2ccccc2)cc(Cl)c1OCc1ccc(Cl)cc1. The van der Waals surface area contributed by atoms with Crippen molar-refractivity contribution in [1.29, 1.82) is 0 Å². The molecule has 156 valence electrons. The maximum atomic E-state index is 12.2. The zero-order chi connectivity index (χ0) is 21.6. The third kappa shape index (κ3) is 5.66. The second kappa shape index (κ2) is 9.84. The van der Waals surface area contributed by atoms with Crippen LogP contribution in [0.3, 0.4) is 0 Å². The average Bonchev–Trinajstić information content (AvgIpc) is 2.74. The van der Waals surface area contributed by atoms with Crippen LogP contribution in [0.1, 0.15) is 11.1 Å². The molecule has 3 aromatic rings. The minimum atomic E-state index is -3.75. The highest BCUT2D eigenvalue weighted by Gasteiger charge is 2.13. The van der Waals surface area contributed by atoms with Gasteiger partial charge >= 0.3 is 0 Å². The molecule has 0 spiro atoms. The van der Waals surface area contributed by atoms with Crippen LogP contribution in [0.4, 0.5) is 0 Å². The van der Waals surface area contributed by atoms with Gasteiger partial charge in [-0.1, -0.05) is 53.5 Å². The maximum absolute atomic E-state index is 12.2. The van der Waals surface area contributed by atoms with E-state index in [2.05, 4.69) is 9.93 Å². The molecular weight excluding hydrogens is 447 g/mol. The van der Waals surface area contributed by atoms with E-state index in [-0.39, 0.29) is 11.5 Å². The van der Waals surface area contributed by atoms with E-state index in [4.69, 9.17) is 32.7 Å². The molecule has 0 saturated carbocycles. The van der Waals surface area contributed by atoms with Crippen molar-refractivity contribution < 1.29 is 17.9 Å². The second-order valence-electron chi connectivity index (χ2n) is 6.12. The summed E-state index contributed by atoms with van der Waals surface area (Å²) in [4.78, 5) is 2.28. The van der Waals surface area contributed by atoms with Crippen molar-refractivity contribution in [3.05, 3.63) is 87.9 Å². The Morgan fingerprint density at radius 2 is 1.73 bits per heavy atom. The third-order valence-electron chi connectivity index (χ3n) is 3.99. The number of benzene rings is 3. The Morgan fingerprint density at radius 3 is 2.40 bits per heavy atom. The Balaban J connectivity index is 1.73. The number of halogens is 2. The molecule has 3 rings (SSSR count). The lowest BCUT2D eigenvalue weighted by Crippen LogP contribution is -2.18. The molecule has 0 amide bonds. The quantitative estimate of drug-likeness (QED) is 0.380. The molecule has 0 aromatic heterocycles. The summed E-state index contributed by atoms with van der Waals surface area (Å²) in [5, 5.41) is 4.75. The molecule has 0 aliphatic heterocycles. The lowest BCUT2D eigenvalue weighted by molar-refractivity contribution is 0.284. The minimum Gasteiger partial charge on any atom is -0.493 e. The van der Waals surface area contributed by atoms with Crippen molar-refractivity contribution in [2.75, 3.05) is 7.11 Å². The van der Waals surface area contributed by atoms with E-state index in [1.807, 2.05) is 12.1 Å². The molecule has 0 radical (unpaired) electrons. The third-order valence-corrected chi connectivity index (χ3v) is 5.76. The van der Waals surface area contributed by atoms with Gasteiger partial charge in [-0.2, -0.15) is 13.5 Å². The van der Waals surface area contributed by atoms with Gasteiger partial charge in [-0.05, 0) is 47.5 Å². The van der Waals surface area contributed by atoms with Gasteiger partial charge < -0.3 is 9.47 Å². The maximum Gasteiger partial charge on any atom is 0.276 e. The van der Waals surface area contributed by atoms with E-state index in [1.165, 1.54) is 25.5 Å². The van der Waals surface area contributed by atoms with E-state index in [0.29, 0.717) is 27.1 Å². The van der Waals surface area contributed by atoms with Crippen LogP contribution in [0.25, 0.3) is 0 Å². The first-order valence-electron chi connectivity index (χ1n) is 8.74. The van der Waals surface area contributed by atoms with Crippen molar-refractivity contribution in [2.24, 2.45) is 5.10 Å². The van der Waals surface area contributed by atoms with Crippen LogP contribution in [0.15, 0.2) is 76.7 Å². The largest absolute Gasteiger partial charge is 0.493 e. The fraction of sp³-hybridized carbons (Fsp3) is 0.0952. The van der Waals surface area contributed by atoms with Crippen molar-refractivity contribution in [1.82, 2.24) is 4.83 Å². The van der Waals surface area contributed by atoms with Gasteiger partial charge in [-0.3, -0.25) is 0 Å². The van der Waals surface area contributed by atoms with Crippen LogP contribution in [0, 0.1) is 0 Å². The topological polar surface area (TPSA) is 77.0 Å². The number of methoxy groups -OCH3 is 1. The van der Waals surface area contributed by atoms with Gasteiger partial charge in [0, 0.05) is 5.02 Å². The first-order chi connectivity index (χ1) is 14.4. The fourth-order valence-corrected chi connectivity index (χ4v) is 3.73. The van der Waals surface area contributed by atoms with Gasteiger partial charge in [-0.15, -0.1) is 0 Å². The van der Waals surface area contributed by atoms with Gasteiger partial charge in [-0.25, -0.2) is 4.83 Å². The van der Waals surface area contributed by atoms with Gasteiger partial charge in [0.25, 0.3) is 10.0 Å². The van der Waals surface area contributed by atoms with Crippen LogP contribution in [0.2, 0.25) is 10.0 Å². The number of hydrogen-bond donors (Lipinski definition) is 1. The summed E-state index contributed by atoms with van der Waals surface area (Å²) < 4.78 is 35.6. The van der Waals surface area contributed by atoms with Crippen LogP contribution in [-0.4, -0.2) is 21.7 Å². The van der Waals surface area contributed by atoms with Gasteiger partial charge in [0.15, 0.2) is 11.5 Å². The number of hydrazone groups is 1. The summed E-state index contributed by atoms with van der Waals surface area (Å²) in [7, 11) is -2.27. The van der Waals surface area contributed by atoms with E-state index in [1.54, 1.807) is 42.5 Å². The molecule has 0 heterocycles. The highest BCUT2D eigenvalue weighted by Crippen LogP contribution is 2.36. The van der Waals surface area contributed by atoms with E-state index >= 15 is 0 Å². The molecule has 1 N–H and O–H groups in total. The van der Waals surface area contributed by atoms with Crippen LogP contribution in [0.5, 0.6) is 11.5 Å². The van der Waals surface area contributed by atoms with E-state index in [0.717, 1.165) is 5.56 Å². The van der Waals surface area contributed by atoms with Crippen LogP contribution < -0.4 is 14.3 Å². The molecule has 0 saturated heterocycles. The average molecular weight is 465 g/mol. The lowest BCUT2D eigenvalue weighted by atomic mass is 10.2. The Labute approximate surface area is 185 Å². The van der Waals surface area contributed by atoms with E-state index < -0.39 is 10.0 Å². The Morgan fingerprint density at radius 1 is 1.03 bits per heavy atom. The summed E-state index contributed by atoms with van der Waals surface area (Å²) in [6.45, 7) is 0.275. The Bertz CT molecular complexity index is 1140. The summed E-state index contributed by atoms with van der Waals surface area (Å²) >= 11 is 12.2. The monoisotopic (exact) mass is 464 g/mol. The summed E-state index contributed by atoms with van der Waals surface area (Å²) in [6.07, 6.45) is 1.33. The molecule has 3 aromatic carbocycles. The molecule has 0 fully saturated rings. The number of nitrogens with zero attached hydrogens (tertiary/aromatic N) is 1. The standard InChI is InChI=1S/C21H18Cl2N2O4S/c1-28-20-12-16(13-24-25-30(26,27)18-5-3-2-4-6-18)11-19(23)21(20)29-14-15-7-9-17(22)10-8-15/h2-13,25H,14H2,1H3/b24-13-. The molecule has 0 atom stereocenters. The summed E-state index contributed by atoms with van der Waals surface area (Å²) in [6, 6.07) is 18.4. The van der Waals surface area contributed by atoms with Gasteiger partial charge in [0.2, 0.25) is 0 Å². The Kier molecular flexibility index (Phi) is 7.20. The van der Waals surface area contributed by atoms with Crippen LogP contribution in [-0.2, 0) is 16.6 Å². The van der Waals surface area contributed by atoms with Gasteiger partial charge in [0.05, 0.1) is 23.2 Å². The summed E-state index contributed by atoms with van der Waals surface area (Å²) in [5.41, 5.74) is 1.45. The zero-order valence-electron chi connectivity index (χ0n) is 15.9. The first-order valence-corrected chi connectivity index (χ1v) is 11.0. The molecule has 9 heteroatoms. The van der Waals surface area contributed by atoms with Crippen LogP contribution >= 0.6 is 23.2 Å². The van der Waals surface area contributed by atoms with Crippen molar-refractivity contribution in [3.8, 4) is 11.5 Å².